The van der Waals surface area contributed by atoms with Gasteiger partial charge in [0.15, 0.2) is 6.10 Å². The summed E-state index contributed by atoms with van der Waals surface area (Å²) >= 11 is 0. The Hall–Kier alpha value is -2.55. The number of ether oxygens (including phenoxy) is 2. The zero-order chi connectivity index (χ0) is 15.1. The van der Waals surface area contributed by atoms with E-state index in [2.05, 4.69) is 4.74 Å². The third-order valence-corrected chi connectivity index (χ3v) is 2.61. The molecule has 0 aliphatic rings. The van der Waals surface area contributed by atoms with E-state index in [-0.39, 0.29) is 12.5 Å². The van der Waals surface area contributed by atoms with Crippen molar-refractivity contribution in [1.82, 2.24) is 4.90 Å². The topological polar surface area (TPSA) is 79.6 Å². The number of likely N-dealkylation sites (N-methyl/N-ethyl adjacent to an activating group) is 1. The van der Waals surface area contributed by atoms with Crippen LogP contribution in [-0.2, 0) is 14.3 Å². The smallest absolute Gasteiger partial charge is 0.325 e. The fourth-order valence-corrected chi connectivity index (χ4v) is 1.51. The number of methoxy groups -OCH3 is 1. The van der Waals surface area contributed by atoms with E-state index in [1.54, 1.807) is 31.2 Å². The lowest BCUT2D eigenvalue weighted by Crippen LogP contribution is -2.40. The van der Waals surface area contributed by atoms with E-state index < -0.39 is 12.1 Å². The molecule has 0 aromatic heterocycles. The Morgan fingerprint density at radius 3 is 2.45 bits per heavy atom. The molecule has 0 saturated carbocycles. The average molecular weight is 276 g/mol. The number of nitriles is 1. The predicted octanol–water partition coefficient (Wildman–Crippen LogP) is 0.957. The van der Waals surface area contributed by atoms with Gasteiger partial charge in [-0.05, 0) is 31.2 Å². The molecule has 0 N–H and O–H groups in total. The van der Waals surface area contributed by atoms with Crippen molar-refractivity contribution in [2.45, 2.75) is 13.0 Å². The number of amides is 1. The SMILES string of the molecule is COC(=O)CN(C)C(=O)[C@@H](C)Oc1ccc(C#N)cc1. The number of esters is 1. The number of rotatable bonds is 5. The molecule has 0 heterocycles. The van der Waals surface area contributed by atoms with Gasteiger partial charge in [-0.25, -0.2) is 0 Å². The Morgan fingerprint density at radius 1 is 1.35 bits per heavy atom. The highest BCUT2D eigenvalue weighted by Crippen LogP contribution is 2.14. The molecular formula is C14H16N2O4. The van der Waals surface area contributed by atoms with Crippen molar-refractivity contribution in [3.63, 3.8) is 0 Å². The molecule has 1 atom stereocenters. The summed E-state index contributed by atoms with van der Waals surface area (Å²) in [5.41, 5.74) is 0.513. The monoisotopic (exact) mass is 276 g/mol. The predicted molar refractivity (Wildman–Crippen MR) is 70.9 cm³/mol. The Morgan fingerprint density at radius 2 is 1.95 bits per heavy atom. The molecule has 1 aromatic rings. The number of carbonyl (C=O) groups is 2. The number of hydrogen-bond donors (Lipinski definition) is 0. The van der Waals surface area contributed by atoms with Crippen molar-refractivity contribution >= 4 is 11.9 Å². The summed E-state index contributed by atoms with van der Waals surface area (Å²) in [6, 6.07) is 8.43. The van der Waals surface area contributed by atoms with Crippen LogP contribution >= 0.6 is 0 Å². The van der Waals surface area contributed by atoms with Gasteiger partial charge in [0, 0.05) is 7.05 Å². The Bertz CT molecular complexity index is 519. The standard InChI is InChI=1S/C14H16N2O4/c1-10(14(18)16(2)9-13(17)19-3)20-12-6-4-11(8-15)5-7-12/h4-7,10H,9H2,1-3H3/t10-/m1/s1. The van der Waals surface area contributed by atoms with Crippen molar-refractivity contribution in [3.05, 3.63) is 29.8 Å². The maximum Gasteiger partial charge on any atom is 0.325 e. The first-order valence-electron chi connectivity index (χ1n) is 5.96. The van der Waals surface area contributed by atoms with Gasteiger partial charge in [0.2, 0.25) is 0 Å². The first-order valence-corrected chi connectivity index (χ1v) is 5.96. The fourth-order valence-electron chi connectivity index (χ4n) is 1.51. The summed E-state index contributed by atoms with van der Waals surface area (Å²) in [7, 11) is 2.76. The summed E-state index contributed by atoms with van der Waals surface area (Å²) in [4.78, 5) is 24.3. The molecule has 0 fully saturated rings. The number of nitrogens with zero attached hydrogens (tertiary/aromatic N) is 2. The van der Waals surface area contributed by atoms with Crippen LogP contribution in [0, 0.1) is 11.3 Å². The van der Waals surface area contributed by atoms with Gasteiger partial charge >= 0.3 is 5.97 Å². The van der Waals surface area contributed by atoms with Crippen LogP contribution in [0.1, 0.15) is 12.5 Å². The van der Waals surface area contributed by atoms with E-state index in [1.165, 1.54) is 19.1 Å². The second-order valence-corrected chi connectivity index (χ2v) is 4.17. The summed E-state index contributed by atoms with van der Waals surface area (Å²) in [6.07, 6.45) is -0.738. The lowest BCUT2D eigenvalue weighted by Gasteiger charge is -2.21. The largest absolute Gasteiger partial charge is 0.481 e. The molecular weight excluding hydrogens is 260 g/mol. The molecule has 0 radical (unpaired) electrons. The first kappa shape index (κ1) is 15.5. The molecule has 0 bridgehead atoms. The summed E-state index contributed by atoms with van der Waals surface area (Å²) < 4.78 is 9.95. The molecule has 0 spiro atoms. The van der Waals surface area contributed by atoms with E-state index in [4.69, 9.17) is 10.00 Å². The number of hydrogen-bond acceptors (Lipinski definition) is 5. The van der Waals surface area contributed by atoms with Crippen molar-refractivity contribution in [2.75, 3.05) is 20.7 Å². The quantitative estimate of drug-likeness (QED) is 0.748. The van der Waals surface area contributed by atoms with E-state index in [9.17, 15) is 9.59 Å². The first-order chi connectivity index (χ1) is 9.47. The molecule has 0 aliphatic heterocycles. The Labute approximate surface area is 117 Å². The van der Waals surface area contributed by atoms with Gasteiger partial charge in [-0.15, -0.1) is 0 Å². The van der Waals surface area contributed by atoms with Gasteiger partial charge in [0.1, 0.15) is 12.3 Å². The molecule has 1 amide bonds. The molecule has 0 saturated heterocycles. The van der Waals surface area contributed by atoms with Gasteiger partial charge in [0.25, 0.3) is 5.91 Å². The normalized spacial score (nSPS) is 11.1. The molecule has 106 valence electrons. The van der Waals surface area contributed by atoms with Crippen LogP contribution in [0.2, 0.25) is 0 Å². The molecule has 0 aliphatic carbocycles. The van der Waals surface area contributed by atoms with E-state index in [0.717, 1.165) is 0 Å². The molecule has 0 unspecified atom stereocenters. The highest BCUT2D eigenvalue weighted by molar-refractivity contribution is 5.84. The van der Waals surface area contributed by atoms with Crippen LogP contribution in [0.25, 0.3) is 0 Å². The van der Waals surface area contributed by atoms with Crippen LogP contribution in [-0.4, -0.2) is 43.6 Å². The van der Waals surface area contributed by atoms with E-state index in [1.807, 2.05) is 6.07 Å². The van der Waals surface area contributed by atoms with Crippen molar-refractivity contribution in [1.29, 1.82) is 5.26 Å². The van der Waals surface area contributed by atoms with Crippen molar-refractivity contribution < 1.29 is 19.1 Å². The van der Waals surface area contributed by atoms with Crippen LogP contribution in [0.4, 0.5) is 0 Å². The highest BCUT2D eigenvalue weighted by atomic mass is 16.5. The van der Waals surface area contributed by atoms with Gasteiger partial charge in [-0.1, -0.05) is 0 Å². The van der Waals surface area contributed by atoms with Crippen molar-refractivity contribution in [2.24, 2.45) is 0 Å². The lowest BCUT2D eigenvalue weighted by atomic mass is 10.2. The van der Waals surface area contributed by atoms with Gasteiger partial charge in [0.05, 0.1) is 18.7 Å². The van der Waals surface area contributed by atoms with Crippen molar-refractivity contribution in [3.8, 4) is 11.8 Å². The van der Waals surface area contributed by atoms with E-state index >= 15 is 0 Å². The Kier molecular flexibility index (Phi) is 5.54. The van der Waals surface area contributed by atoms with Crippen LogP contribution in [0.15, 0.2) is 24.3 Å². The minimum absolute atomic E-state index is 0.129. The van der Waals surface area contributed by atoms with Gasteiger partial charge in [-0.3, -0.25) is 9.59 Å². The number of carbonyl (C=O) groups excluding carboxylic acids is 2. The second kappa shape index (κ2) is 7.14. The van der Waals surface area contributed by atoms with Gasteiger partial charge < -0.3 is 14.4 Å². The minimum Gasteiger partial charge on any atom is -0.481 e. The van der Waals surface area contributed by atoms with Gasteiger partial charge in [-0.2, -0.15) is 5.26 Å². The fraction of sp³-hybridized carbons (Fsp3) is 0.357. The van der Waals surface area contributed by atoms with E-state index in [0.29, 0.717) is 11.3 Å². The average Bonchev–Trinajstić information content (AvgIpc) is 2.46. The zero-order valence-corrected chi connectivity index (χ0v) is 11.6. The summed E-state index contributed by atoms with van der Waals surface area (Å²) in [5, 5.41) is 8.68. The highest BCUT2D eigenvalue weighted by Gasteiger charge is 2.21. The third-order valence-electron chi connectivity index (χ3n) is 2.61. The van der Waals surface area contributed by atoms with Crippen LogP contribution in [0.5, 0.6) is 5.75 Å². The lowest BCUT2D eigenvalue weighted by molar-refractivity contribution is -0.148. The molecule has 6 nitrogen and oxygen atoms in total. The third kappa shape index (κ3) is 4.28. The maximum atomic E-state index is 12.0. The molecule has 6 heteroatoms. The van der Waals surface area contributed by atoms with Crippen LogP contribution < -0.4 is 4.74 Å². The number of benzene rings is 1. The van der Waals surface area contributed by atoms with Crippen LogP contribution in [0.3, 0.4) is 0 Å². The minimum atomic E-state index is -0.738. The zero-order valence-electron chi connectivity index (χ0n) is 11.6. The molecule has 20 heavy (non-hydrogen) atoms. The Balaban J connectivity index is 2.60. The second-order valence-electron chi connectivity index (χ2n) is 4.17. The summed E-state index contributed by atoms with van der Waals surface area (Å²) in [6.45, 7) is 1.46. The molecule has 1 aromatic carbocycles. The summed E-state index contributed by atoms with van der Waals surface area (Å²) in [5.74, 6) is -0.345. The maximum absolute atomic E-state index is 12.0. The molecule has 1 rings (SSSR count).